The number of nitrogens with two attached hydrogens (primary N) is 1. The quantitative estimate of drug-likeness (QED) is 0.0866. The molecule has 12 nitrogen and oxygen atoms in total. The number of benzene rings is 3. The van der Waals surface area contributed by atoms with E-state index < -0.39 is 53.8 Å². The Hall–Kier alpha value is -5.88. The summed E-state index contributed by atoms with van der Waals surface area (Å²) in [7, 11) is 0. The van der Waals surface area contributed by atoms with Gasteiger partial charge in [0.1, 0.15) is 18.1 Å². The monoisotopic (exact) mass is 675 g/mol. The van der Waals surface area contributed by atoms with Gasteiger partial charge in [0.2, 0.25) is 17.7 Å². The van der Waals surface area contributed by atoms with Crippen molar-refractivity contribution in [2.45, 2.75) is 57.3 Å². The van der Waals surface area contributed by atoms with E-state index in [9.17, 15) is 24.3 Å². The van der Waals surface area contributed by atoms with Gasteiger partial charge in [-0.1, -0.05) is 68.4 Å². The zero-order chi connectivity index (χ0) is 35.4. The van der Waals surface area contributed by atoms with Crippen LogP contribution < -0.4 is 21.7 Å². The topological polar surface area (TPSA) is 198 Å². The van der Waals surface area contributed by atoms with Crippen LogP contribution in [-0.4, -0.2) is 67.9 Å². The number of carbonyl (C=O) groups excluding carboxylic acids is 3. The van der Waals surface area contributed by atoms with Crippen molar-refractivity contribution in [2.75, 3.05) is 0 Å². The van der Waals surface area contributed by atoms with E-state index in [2.05, 4.69) is 30.9 Å². The average molecular weight is 676 g/mol. The summed E-state index contributed by atoms with van der Waals surface area (Å²) in [6, 6.07) is 18.5. The molecule has 0 aliphatic carbocycles. The molecule has 3 aromatic heterocycles. The molecule has 0 fully saturated rings. The van der Waals surface area contributed by atoms with Crippen LogP contribution in [0.3, 0.4) is 0 Å². The van der Waals surface area contributed by atoms with Gasteiger partial charge >= 0.3 is 5.97 Å². The minimum Gasteiger partial charge on any atom is -0.480 e. The van der Waals surface area contributed by atoms with Crippen molar-refractivity contribution >= 4 is 56.4 Å². The first-order valence-corrected chi connectivity index (χ1v) is 16.6. The lowest BCUT2D eigenvalue weighted by atomic mass is 9.99. The maximum atomic E-state index is 14.2. The van der Waals surface area contributed by atoms with Gasteiger partial charge in [-0.25, -0.2) is 4.79 Å². The Morgan fingerprint density at radius 1 is 0.600 bits per heavy atom. The van der Waals surface area contributed by atoms with Crippen LogP contribution in [0.15, 0.2) is 91.4 Å². The number of carboxylic acid groups (broad SMARTS) is 1. The molecule has 4 atom stereocenters. The summed E-state index contributed by atoms with van der Waals surface area (Å²) in [4.78, 5) is 63.2. The molecular weight excluding hydrogens is 634 g/mol. The second-order valence-electron chi connectivity index (χ2n) is 13.0. The van der Waals surface area contributed by atoms with Gasteiger partial charge in [-0.2, -0.15) is 0 Å². The minimum atomic E-state index is -1.18. The Kier molecular flexibility index (Phi) is 10.0. The van der Waals surface area contributed by atoms with Crippen molar-refractivity contribution in [3.8, 4) is 0 Å². The summed E-state index contributed by atoms with van der Waals surface area (Å²) in [5, 5.41) is 20.8. The van der Waals surface area contributed by atoms with Crippen molar-refractivity contribution in [2.24, 2.45) is 11.7 Å². The van der Waals surface area contributed by atoms with Crippen LogP contribution in [0.5, 0.6) is 0 Å². The molecule has 3 amide bonds. The summed E-state index contributed by atoms with van der Waals surface area (Å²) in [6.45, 7) is 3.39. The van der Waals surface area contributed by atoms with Gasteiger partial charge < -0.3 is 41.7 Å². The number of rotatable bonds is 14. The lowest BCUT2D eigenvalue weighted by Gasteiger charge is -2.26. The SMILES string of the molecule is CC(C)C(NC(=O)C(Cc1c[nH]c2ccccc12)NC(=O)C(Cc1c[nH]c2ccccc12)NC(=O)C(N)Cc1c[nH]c2ccccc12)C(=O)O. The molecule has 12 heteroatoms. The van der Waals surface area contributed by atoms with Crippen LogP contribution in [0.4, 0.5) is 0 Å². The predicted molar refractivity (Wildman–Crippen MR) is 192 cm³/mol. The first-order valence-electron chi connectivity index (χ1n) is 16.6. The number of nitrogens with one attached hydrogen (secondary N) is 6. The Bertz CT molecular complexity index is 2160. The third-order valence-electron chi connectivity index (χ3n) is 9.15. The molecule has 0 aliphatic rings. The smallest absolute Gasteiger partial charge is 0.326 e. The number of aromatic nitrogens is 3. The molecule has 0 bridgehead atoms. The predicted octanol–water partition coefficient (Wildman–Crippen LogP) is 3.68. The maximum Gasteiger partial charge on any atom is 0.326 e. The van der Waals surface area contributed by atoms with Crippen LogP contribution in [0.2, 0.25) is 0 Å². The van der Waals surface area contributed by atoms with Crippen molar-refractivity contribution < 1.29 is 24.3 Å². The van der Waals surface area contributed by atoms with Gasteiger partial charge in [0.15, 0.2) is 0 Å². The standard InChI is InChI=1S/C38H41N7O5/c1-21(2)34(38(49)50)45-37(48)33(17-24-20-42-31-14-8-5-11-27(24)31)44-36(47)32(16-23-19-41-30-13-7-4-10-26(23)30)43-35(46)28(39)15-22-18-40-29-12-6-3-9-25(22)29/h3-14,18-21,28,32-34,40-42H,15-17,39H2,1-2H3,(H,43,46)(H,44,47)(H,45,48)(H,49,50). The van der Waals surface area contributed by atoms with Crippen LogP contribution in [0.25, 0.3) is 32.7 Å². The van der Waals surface area contributed by atoms with Crippen LogP contribution in [-0.2, 0) is 38.4 Å². The summed E-state index contributed by atoms with van der Waals surface area (Å²) in [6.07, 6.45) is 5.78. The van der Waals surface area contributed by atoms with Gasteiger partial charge in [-0.3, -0.25) is 14.4 Å². The van der Waals surface area contributed by atoms with Gasteiger partial charge in [-0.15, -0.1) is 0 Å². The van der Waals surface area contributed by atoms with E-state index in [4.69, 9.17) is 5.73 Å². The molecule has 3 aromatic carbocycles. The number of fused-ring (bicyclic) bond motifs is 3. The highest BCUT2D eigenvalue weighted by Gasteiger charge is 2.32. The molecule has 9 N–H and O–H groups in total. The van der Waals surface area contributed by atoms with Gasteiger partial charge in [0, 0.05) is 64.1 Å². The van der Waals surface area contributed by atoms with E-state index in [1.54, 1.807) is 26.2 Å². The van der Waals surface area contributed by atoms with E-state index in [1.165, 1.54) is 0 Å². The lowest BCUT2D eigenvalue weighted by molar-refractivity contribution is -0.143. The van der Waals surface area contributed by atoms with Gasteiger partial charge in [-0.05, 0) is 47.2 Å². The minimum absolute atomic E-state index is 0.0693. The summed E-state index contributed by atoms with van der Waals surface area (Å²) >= 11 is 0. The molecule has 0 saturated heterocycles. The number of amides is 3. The Labute approximate surface area is 288 Å². The molecular formula is C38H41N7O5. The van der Waals surface area contributed by atoms with Crippen molar-refractivity contribution in [3.63, 3.8) is 0 Å². The van der Waals surface area contributed by atoms with E-state index >= 15 is 0 Å². The van der Waals surface area contributed by atoms with Crippen molar-refractivity contribution in [1.82, 2.24) is 30.9 Å². The molecule has 0 spiro atoms. The van der Waals surface area contributed by atoms with Crippen LogP contribution in [0, 0.1) is 5.92 Å². The molecule has 6 rings (SSSR count). The third-order valence-corrected chi connectivity index (χ3v) is 9.15. The molecule has 258 valence electrons. The number of hydrogen-bond acceptors (Lipinski definition) is 5. The number of para-hydroxylation sites is 3. The molecule has 4 unspecified atom stereocenters. The summed E-state index contributed by atoms with van der Waals surface area (Å²) in [5.41, 5.74) is 11.5. The molecule has 50 heavy (non-hydrogen) atoms. The molecule has 0 radical (unpaired) electrons. The fourth-order valence-electron chi connectivity index (χ4n) is 6.41. The maximum absolute atomic E-state index is 14.2. The van der Waals surface area contributed by atoms with Gasteiger partial charge in [0.05, 0.1) is 6.04 Å². The fourth-order valence-corrected chi connectivity index (χ4v) is 6.41. The largest absolute Gasteiger partial charge is 0.480 e. The molecule has 6 aromatic rings. The second-order valence-corrected chi connectivity index (χ2v) is 13.0. The second kappa shape index (κ2) is 14.7. The van der Waals surface area contributed by atoms with E-state index in [0.29, 0.717) is 0 Å². The highest BCUT2D eigenvalue weighted by molar-refractivity contribution is 5.96. The normalized spacial score (nSPS) is 14.0. The lowest BCUT2D eigenvalue weighted by Crippen LogP contribution is -2.58. The molecule has 3 heterocycles. The number of aromatic amines is 3. The van der Waals surface area contributed by atoms with Crippen molar-refractivity contribution in [3.05, 3.63) is 108 Å². The molecule has 0 saturated carbocycles. The number of carboxylic acids is 1. The first kappa shape index (κ1) is 34.0. The van der Waals surface area contributed by atoms with Gasteiger partial charge in [0.25, 0.3) is 0 Å². The first-order chi connectivity index (χ1) is 24.1. The average Bonchev–Trinajstić information content (AvgIpc) is 3.83. The summed E-state index contributed by atoms with van der Waals surface area (Å²) in [5.74, 6) is -3.39. The van der Waals surface area contributed by atoms with Crippen LogP contribution in [0.1, 0.15) is 30.5 Å². The number of aliphatic carboxylic acids is 1. The van der Waals surface area contributed by atoms with Crippen LogP contribution >= 0.6 is 0 Å². The highest BCUT2D eigenvalue weighted by atomic mass is 16.4. The number of H-pyrrole nitrogens is 3. The summed E-state index contributed by atoms with van der Waals surface area (Å²) < 4.78 is 0. The third kappa shape index (κ3) is 7.40. The zero-order valence-corrected chi connectivity index (χ0v) is 27.8. The van der Waals surface area contributed by atoms with E-state index in [-0.39, 0.29) is 19.3 Å². The number of carbonyl (C=O) groups is 4. The highest BCUT2D eigenvalue weighted by Crippen LogP contribution is 2.22. The molecule has 0 aliphatic heterocycles. The van der Waals surface area contributed by atoms with E-state index in [0.717, 1.165) is 49.4 Å². The van der Waals surface area contributed by atoms with Crippen molar-refractivity contribution in [1.29, 1.82) is 0 Å². The fraction of sp³-hybridized carbons (Fsp3) is 0.263. The number of hydrogen-bond donors (Lipinski definition) is 8. The van der Waals surface area contributed by atoms with E-state index in [1.807, 2.05) is 79.0 Å². The Morgan fingerprint density at radius 2 is 0.980 bits per heavy atom. The Balaban J connectivity index is 1.28. The zero-order valence-electron chi connectivity index (χ0n) is 27.8. The Morgan fingerprint density at radius 3 is 1.40 bits per heavy atom.